The molecular formula is C19H26BrN3O2. The predicted octanol–water partition coefficient (Wildman–Crippen LogP) is 4.31. The highest BCUT2D eigenvalue weighted by Gasteiger charge is 2.53. The van der Waals surface area contributed by atoms with Gasteiger partial charge in [0.05, 0.1) is 0 Å². The molecule has 3 aliphatic rings. The Kier molecular flexibility index (Phi) is 4.02. The molecule has 0 N–H and O–H groups in total. The summed E-state index contributed by atoms with van der Waals surface area (Å²) in [6, 6.07) is 5.09. The monoisotopic (exact) mass is 407 g/mol. The third kappa shape index (κ3) is 2.82. The summed E-state index contributed by atoms with van der Waals surface area (Å²) in [6.07, 6.45) is 4.13. The maximum absolute atomic E-state index is 12.9. The molecule has 0 radical (unpaired) electrons. The van der Waals surface area contributed by atoms with E-state index in [0.717, 1.165) is 29.7 Å². The van der Waals surface area contributed by atoms with Crippen molar-refractivity contribution in [2.45, 2.75) is 76.1 Å². The second kappa shape index (κ2) is 5.86. The van der Waals surface area contributed by atoms with Crippen molar-refractivity contribution in [3.05, 3.63) is 22.3 Å². The zero-order valence-electron chi connectivity index (χ0n) is 15.3. The number of carbonyl (C=O) groups excluding carboxylic acids is 1. The van der Waals surface area contributed by atoms with Gasteiger partial charge >= 0.3 is 6.09 Å². The minimum Gasteiger partial charge on any atom is -0.444 e. The summed E-state index contributed by atoms with van der Waals surface area (Å²) in [5, 5.41) is 0. The molecule has 6 heteroatoms. The minimum atomic E-state index is -0.459. The zero-order valence-corrected chi connectivity index (χ0v) is 16.9. The topological polar surface area (TPSA) is 45.7 Å². The van der Waals surface area contributed by atoms with Crippen LogP contribution in [-0.4, -0.2) is 46.8 Å². The Labute approximate surface area is 157 Å². The molecule has 5 nitrogen and oxygen atoms in total. The molecule has 4 atom stereocenters. The lowest BCUT2D eigenvalue weighted by Gasteiger charge is -2.52. The molecule has 3 aliphatic heterocycles. The van der Waals surface area contributed by atoms with Gasteiger partial charge in [-0.05, 0) is 68.5 Å². The molecule has 1 aromatic heterocycles. The minimum absolute atomic E-state index is 0.151. The van der Waals surface area contributed by atoms with Crippen LogP contribution in [0.3, 0.4) is 0 Å². The molecule has 0 spiro atoms. The molecule has 4 heterocycles. The fraction of sp³-hybridized carbons (Fsp3) is 0.684. The van der Waals surface area contributed by atoms with Gasteiger partial charge in [0.1, 0.15) is 16.0 Å². The van der Waals surface area contributed by atoms with Crippen LogP contribution >= 0.6 is 15.9 Å². The number of pyridine rings is 1. The molecule has 25 heavy (non-hydrogen) atoms. The van der Waals surface area contributed by atoms with Crippen LogP contribution in [0.15, 0.2) is 16.7 Å². The van der Waals surface area contributed by atoms with E-state index in [1.54, 1.807) is 0 Å². The largest absolute Gasteiger partial charge is 0.444 e. The molecule has 2 fully saturated rings. The van der Waals surface area contributed by atoms with Gasteiger partial charge < -0.3 is 14.5 Å². The first kappa shape index (κ1) is 17.1. The molecule has 136 valence electrons. The van der Waals surface area contributed by atoms with E-state index < -0.39 is 5.60 Å². The number of nitrogens with zero attached hydrogens (tertiary/aromatic N) is 3. The quantitative estimate of drug-likeness (QED) is 0.601. The molecule has 4 unspecified atom stereocenters. The summed E-state index contributed by atoms with van der Waals surface area (Å²) < 4.78 is 6.61. The van der Waals surface area contributed by atoms with Crippen LogP contribution in [0, 0.1) is 0 Å². The summed E-state index contributed by atoms with van der Waals surface area (Å²) >= 11 is 3.49. The van der Waals surface area contributed by atoms with Gasteiger partial charge in [0.15, 0.2) is 0 Å². The van der Waals surface area contributed by atoms with E-state index in [1.165, 1.54) is 12.0 Å². The number of hydrogen-bond donors (Lipinski definition) is 0. The van der Waals surface area contributed by atoms with Gasteiger partial charge in [0.25, 0.3) is 0 Å². The average molecular weight is 408 g/mol. The molecule has 4 rings (SSSR count). The van der Waals surface area contributed by atoms with Crippen LogP contribution in [0.4, 0.5) is 10.6 Å². The Balaban J connectivity index is 1.71. The van der Waals surface area contributed by atoms with E-state index in [4.69, 9.17) is 9.72 Å². The number of carbonyl (C=O) groups is 1. The van der Waals surface area contributed by atoms with Gasteiger partial charge in [-0.25, -0.2) is 9.78 Å². The normalized spacial score (nSPS) is 30.8. The molecule has 1 aromatic rings. The SMILES string of the molecule is CN1c2nc(Br)ccc2C2C1CC1CCCC2N1C(=O)OC(C)(C)C. The van der Waals surface area contributed by atoms with Gasteiger partial charge in [-0.15, -0.1) is 0 Å². The molecule has 2 saturated heterocycles. The fourth-order valence-corrected chi connectivity index (χ4v) is 5.23. The summed E-state index contributed by atoms with van der Waals surface area (Å²) in [6.45, 7) is 5.81. The van der Waals surface area contributed by atoms with Crippen LogP contribution in [0.5, 0.6) is 0 Å². The van der Waals surface area contributed by atoms with Crippen molar-refractivity contribution in [2.24, 2.45) is 0 Å². The highest BCUT2D eigenvalue weighted by molar-refractivity contribution is 9.10. The number of hydrogen-bond acceptors (Lipinski definition) is 4. The summed E-state index contributed by atoms with van der Waals surface area (Å²) in [5.41, 5.74) is 0.813. The Morgan fingerprint density at radius 2 is 2.04 bits per heavy atom. The first-order chi connectivity index (χ1) is 11.8. The maximum atomic E-state index is 12.9. The maximum Gasteiger partial charge on any atom is 0.410 e. The van der Waals surface area contributed by atoms with Crippen LogP contribution in [0.1, 0.15) is 57.9 Å². The molecule has 2 bridgehead atoms. The standard InChI is InChI=1S/C19H26BrN3O2/c1-19(2,3)25-18(24)23-11-6-5-7-13(23)16-12-8-9-15(20)21-17(12)22(4)14(16)10-11/h8-9,11,13-14,16H,5-7,10H2,1-4H3. The van der Waals surface area contributed by atoms with Gasteiger partial charge in [-0.1, -0.05) is 6.07 Å². The highest BCUT2D eigenvalue weighted by atomic mass is 79.9. The second-order valence-corrected chi connectivity index (χ2v) is 9.34. The van der Waals surface area contributed by atoms with Crippen molar-refractivity contribution in [1.82, 2.24) is 9.88 Å². The third-order valence-electron chi connectivity index (χ3n) is 5.80. The lowest BCUT2D eigenvalue weighted by Crippen LogP contribution is -2.61. The first-order valence-electron chi connectivity index (χ1n) is 9.17. The number of amides is 1. The fourth-order valence-electron chi connectivity index (χ4n) is 4.93. The van der Waals surface area contributed by atoms with Crippen molar-refractivity contribution >= 4 is 27.8 Å². The van der Waals surface area contributed by atoms with Crippen molar-refractivity contribution < 1.29 is 9.53 Å². The van der Waals surface area contributed by atoms with Gasteiger partial charge in [0, 0.05) is 36.7 Å². The molecule has 0 aromatic carbocycles. The zero-order chi connectivity index (χ0) is 17.9. The Hall–Kier alpha value is -1.30. The number of piperidine rings is 2. The Morgan fingerprint density at radius 1 is 1.28 bits per heavy atom. The van der Waals surface area contributed by atoms with Crippen molar-refractivity contribution in [2.75, 3.05) is 11.9 Å². The summed E-state index contributed by atoms with van der Waals surface area (Å²) in [7, 11) is 2.14. The number of anilines is 1. The molecule has 0 aliphatic carbocycles. The van der Waals surface area contributed by atoms with Gasteiger partial charge in [-0.3, -0.25) is 0 Å². The van der Waals surface area contributed by atoms with Gasteiger partial charge in [0.2, 0.25) is 0 Å². The van der Waals surface area contributed by atoms with Crippen molar-refractivity contribution in [1.29, 1.82) is 0 Å². The predicted molar refractivity (Wildman–Crippen MR) is 101 cm³/mol. The number of aromatic nitrogens is 1. The Morgan fingerprint density at radius 3 is 2.76 bits per heavy atom. The number of fused-ring (bicyclic) bond motifs is 6. The lowest BCUT2D eigenvalue weighted by molar-refractivity contribution is -0.0263. The number of rotatable bonds is 0. The van der Waals surface area contributed by atoms with E-state index in [1.807, 2.05) is 26.8 Å². The van der Waals surface area contributed by atoms with Crippen LogP contribution in [0.2, 0.25) is 0 Å². The first-order valence-corrected chi connectivity index (χ1v) is 9.96. The lowest BCUT2D eigenvalue weighted by atomic mass is 9.73. The van der Waals surface area contributed by atoms with E-state index in [0.29, 0.717) is 12.0 Å². The third-order valence-corrected chi connectivity index (χ3v) is 6.24. The Bertz CT molecular complexity index is 702. The van der Waals surface area contributed by atoms with E-state index in [9.17, 15) is 4.79 Å². The van der Waals surface area contributed by atoms with Crippen molar-refractivity contribution in [3.63, 3.8) is 0 Å². The van der Waals surface area contributed by atoms with Crippen LogP contribution in [0.25, 0.3) is 0 Å². The number of ether oxygens (including phenoxy) is 1. The average Bonchev–Trinajstić information content (AvgIpc) is 2.77. The van der Waals surface area contributed by atoms with Crippen LogP contribution in [-0.2, 0) is 4.74 Å². The van der Waals surface area contributed by atoms with E-state index in [-0.39, 0.29) is 18.2 Å². The number of likely N-dealkylation sites (N-methyl/N-ethyl adjacent to an activating group) is 1. The molecule has 1 amide bonds. The van der Waals surface area contributed by atoms with E-state index in [2.05, 4.69) is 38.8 Å². The van der Waals surface area contributed by atoms with E-state index >= 15 is 0 Å². The molecule has 0 saturated carbocycles. The summed E-state index contributed by atoms with van der Waals surface area (Å²) in [4.78, 5) is 22.0. The van der Waals surface area contributed by atoms with Crippen LogP contribution < -0.4 is 4.90 Å². The highest BCUT2D eigenvalue weighted by Crippen LogP contribution is 2.51. The summed E-state index contributed by atoms with van der Waals surface area (Å²) in [5.74, 6) is 1.38. The number of halogens is 1. The van der Waals surface area contributed by atoms with Crippen molar-refractivity contribution in [3.8, 4) is 0 Å². The smallest absolute Gasteiger partial charge is 0.410 e. The second-order valence-electron chi connectivity index (χ2n) is 8.53. The molecular weight excluding hydrogens is 382 g/mol. The van der Waals surface area contributed by atoms with Gasteiger partial charge in [-0.2, -0.15) is 0 Å².